The van der Waals surface area contributed by atoms with E-state index in [0.29, 0.717) is 12.7 Å². The highest BCUT2D eigenvalue weighted by Gasteiger charge is 2.24. The van der Waals surface area contributed by atoms with Crippen LogP contribution < -0.4 is 0 Å². The molecule has 0 spiro atoms. The van der Waals surface area contributed by atoms with Crippen LogP contribution in [-0.4, -0.2) is 34.5 Å². The van der Waals surface area contributed by atoms with E-state index in [1.165, 1.54) is 6.42 Å². The van der Waals surface area contributed by atoms with Crippen molar-refractivity contribution < 1.29 is 8.95 Å². The van der Waals surface area contributed by atoms with Gasteiger partial charge in [0.25, 0.3) is 0 Å². The molecule has 2 unspecified atom stereocenters. The van der Waals surface area contributed by atoms with Gasteiger partial charge in [0, 0.05) is 21.2 Å². The molecule has 0 aromatic carbocycles. The Kier molecular flexibility index (Phi) is 4.25. The highest BCUT2D eigenvalue weighted by molar-refractivity contribution is 7.93. The molecule has 0 saturated carbocycles. The standard InChI is InChI=1S/C12H23NO2S/c1-2-5-12-7-6-11(10-15-12)13-16(14)8-3-4-9-16/h11-12H,2-10H2,1H3. The van der Waals surface area contributed by atoms with E-state index in [1.54, 1.807) is 0 Å². The lowest BCUT2D eigenvalue weighted by Gasteiger charge is -2.27. The zero-order chi connectivity index (χ0) is 11.4. The largest absolute Gasteiger partial charge is 0.376 e. The minimum absolute atomic E-state index is 0.207. The Balaban J connectivity index is 1.87. The lowest BCUT2D eigenvalue weighted by atomic mass is 10.0. The van der Waals surface area contributed by atoms with Crippen molar-refractivity contribution in [2.75, 3.05) is 18.1 Å². The number of nitrogens with zero attached hydrogens (tertiary/aromatic N) is 1. The maximum atomic E-state index is 12.2. The zero-order valence-corrected chi connectivity index (χ0v) is 11.0. The van der Waals surface area contributed by atoms with Crippen molar-refractivity contribution in [1.82, 2.24) is 0 Å². The van der Waals surface area contributed by atoms with Gasteiger partial charge >= 0.3 is 0 Å². The molecule has 0 aliphatic carbocycles. The Hall–Kier alpha value is -0.0900. The highest BCUT2D eigenvalue weighted by atomic mass is 32.2. The number of rotatable bonds is 3. The molecule has 2 heterocycles. The summed E-state index contributed by atoms with van der Waals surface area (Å²) in [6.07, 6.45) is 7.12. The van der Waals surface area contributed by atoms with Crippen LogP contribution in [0.15, 0.2) is 4.36 Å². The Morgan fingerprint density at radius 1 is 1.31 bits per heavy atom. The Labute approximate surface area is 99.1 Å². The maximum absolute atomic E-state index is 12.2. The molecule has 94 valence electrons. The summed E-state index contributed by atoms with van der Waals surface area (Å²) in [6, 6.07) is 0.207. The molecule has 0 bridgehead atoms. The average molecular weight is 245 g/mol. The molecule has 0 aromatic heterocycles. The predicted octanol–water partition coefficient (Wildman–Crippen LogP) is 2.60. The van der Waals surface area contributed by atoms with Gasteiger partial charge in [-0.25, -0.2) is 8.57 Å². The van der Waals surface area contributed by atoms with Crippen molar-refractivity contribution in [3.8, 4) is 0 Å². The van der Waals surface area contributed by atoms with Gasteiger partial charge in [0.05, 0.1) is 18.8 Å². The third-order valence-corrected chi connectivity index (χ3v) is 6.01. The minimum Gasteiger partial charge on any atom is -0.376 e. The maximum Gasteiger partial charge on any atom is 0.0828 e. The van der Waals surface area contributed by atoms with Crippen LogP contribution in [0.1, 0.15) is 45.4 Å². The molecule has 2 saturated heterocycles. The summed E-state index contributed by atoms with van der Waals surface area (Å²) in [6.45, 7) is 2.89. The Bertz CT molecular complexity index is 314. The van der Waals surface area contributed by atoms with Crippen LogP contribution in [0.25, 0.3) is 0 Å². The van der Waals surface area contributed by atoms with E-state index >= 15 is 0 Å². The van der Waals surface area contributed by atoms with Gasteiger partial charge in [-0.05, 0) is 32.1 Å². The summed E-state index contributed by atoms with van der Waals surface area (Å²) in [4.78, 5) is 0. The first-order chi connectivity index (χ1) is 7.72. The lowest BCUT2D eigenvalue weighted by Crippen LogP contribution is -2.29. The van der Waals surface area contributed by atoms with Crippen molar-refractivity contribution in [3.63, 3.8) is 0 Å². The van der Waals surface area contributed by atoms with Gasteiger partial charge < -0.3 is 4.74 Å². The first-order valence-corrected chi connectivity index (χ1v) is 8.40. The van der Waals surface area contributed by atoms with E-state index in [2.05, 4.69) is 11.3 Å². The molecule has 16 heavy (non-hydrogen) atoms. The molecular formula is C12H23NO2S. The van der Waals surface area contributed by atoms with Crippen LogP contribution >= 0.6 is 0 Å². The van der Waals surface area contributed by atoms with Crippen molar-refractivity contribution in [3.05, 3.63) is 0 Å². The normalized spacial score (nSPS) is 33.8. The van der Waals surface area contributed by atoms with Gasteiger partial charge in [0.15, 0.2) is 0 Å². The summed E-state index contributed by atoms with van der Waals surface area (Å²) in [5.74, 6) is 1.64. The van der Waals surface area contributed by atoms with E-state index in [1.807, 2.05) is 0 Å². The quantitative estimate of drug-likeness (QED) is 0.766. The molecule has 3 nitrogen and oxygen atoms in total. The van der Waals surface area contributed by atoms with Gasteiger partial charge in [0.2, 0.25) is 0 Å². The summed E-state index contributed by atoms with van der Waals surface area (Å²) in [7, 11) is -1.84. The van der Waals surface area contributed by atoms with E-state index in [9.17, 15) is 4.21 Å². The van der Waals surface area contributed by atoms with E-state index in [0.717, 1.165) is 43.6 Å². The van der Waals surface area contributed by atoms with Crippen LogP contribution in [0.5, 0.6) is 0 Å². The first kappa shape index (κ1) is 12.4. The molecule has 2 aliphatic heterocycles. The number of hydrogen-bond acceptors (Lipinski definition) is 3. The molecule has 2 rings (SSSR count). The van der Waals surface area contributed by atoms with Crippen molar-refractivity contribution in [2.24, 2.45) is 4.36 Å². The number of ether oxygens (including phenoxy) is 1. The highest BCUT2D eigenvalue weighted by Crippen LogP contribution is 2.22. The molecule has 2 atom stereocenters. The minimum atomic E-state index is -1.84. The van der Waals surface area contributed by atoms with Crippen LogP contribution in [0.4, 0.5) is 0 Å². The van der Waals surface area contributed by atoms with Crippen molar-refractivity contribution in [1.29, 1.82) is 0 Å². The average Bonchev–Trinajstić information content (AvgIpc) is 2.68. The second-order valence-electron chi connectivity index (χ2n) is 4.97. The Morgan fingerprint density at radius 2 is 2.06 bits per heavy atom. The molecule has 4 heteroatoms. The van der Waals surface area contributed by atoms with Crippen LogP contribution in [0, 0.1) is 0 Å². The van der Waals surface area contributed by atoms with E-state index in [-0.39, 0.29) is 6.04 Å². The second-order valence-corrected chi connectivity index (χ2v) is 7.54. The van der Waals surface area contributed by atoms with E-state index < -0.39 is 9.73 Å². The third kappa shape index (κ3) is 3.20. The summed E-state index contributed by atoms with van der Waals surface area (Å²) in [5.41, 5.74) is 0. The topological polar surface area (TPSA) is 38.7 Å². The monoisotopic (exact) mass is 245 g/mol. The molecule has 0 amide bonds. The van der Waals surface area contributed by atoms with Crippen LogP contribution in [0.3, 0.4) is 0 Å². The van der Waals surface area contributed by atoms with E-state index in [4.69, 9.17) is 4.74 Å². The van der Waals surface area contributed by atoms with Crippen LogP contribution in [-0.2, 0) is 14.5 Å². The third-order valence-electron chi connectivity index (χ3n) is 3.47. The van der Waals surface area contributed by atoms with Gasteiger partial charge in [-0.2, -0.15) is 0 Å². The Morgan fingerprint density at radius 3 is 2.62 bits per heavy atom. The lowest BCUT2D eigenvalue weighted by molar-refractivity contribution is 0.00137. The van der Waals surface area contributed by atoms with Gasteiger partial charge in [-0.15, -0.1) is 0 Å². The summed E-state index contributed by atoms with van der Waals surface area (Å²) < 4.78 is 22.6. The second kappa shape index (κ2) is 5.50. The van der Waals surface area contributed by atoms with Gasteiger partial charge in [0.1, 0.15) is 0 Å². The first-order valence-electron chi connectivity index (χ1n) is 6.55. The van der Waals surface area contributed by atoms with Crippen molar-refractivity contribution >= 4 is 9.73 Å². The molecule has 2 aliphatic rings. The predicted molar refractivity (Wildman–Crippen MR) is 67.2 cm³/mol. The summed E-state index contributed by atoms with van der Waals surface area (Å²) >= 11 is 0. The summed E-state index contributed by atoms with van der Waals surface area (Å²) in [5, 5.41) is 0. The fourth-order valence-corrected chi connectivity index (χ4v) is 4.99. The zero-order valence-electron chi connectivity index (χ0n) is 10.2. The molecule has 0 aromatic rings. The van der Waals surface area contributed by atoms with Crippen LogP contribution in [0.2, 0.25) is 0 Å². The molecule has 2 fully saturated rings. The van der Waals surface area contributed by atoms with Gasteiger partial charge in [-0.1, -0.05) is 13.3 Å². The molecular weight excluding hydrogens is 222 g/mol. The SMILES string of the molecule is CCCC1CCC(N=S2(=O)CCCC2)CO1. The molecule has 0 N–H and O–H groups in total. The molecule has 0 radical (unpaired) electrons. The van der Waals surface area contributed by atoms with Crippen molar-refractivity contribution in [2.45, 2.75) is 57.6 Å². The number of hydrogen-bond donors (Lipinski definition) is 0. The smallest absolute Gasteiger partial charge is 0.0828 e. The fourth-order valence-electron chi connectivity index (χ4n) is 2.56. The van der Waals surface area contributed by atoms with Gasteiger partial charge in [-0.3, -0.25) is 0 Å². The fraction of sp³-hybridized carbons (Fsp3) is 1.00.